The number of amides is 2. The molecule has 0 N–H and O–H groups in total. The van der Waals surface area contributed by atoms with Gasteiger partial charge < -0.3 is 4.74 Å². The summed E-state index contributed by atoms with van der Waals surface area (Å²) in [6.45, 7) is 1.82. The summed E-state index contributed by atoms with van der Waals surface area (Å²) in [6.07, 6.45) is 0.0618. The highest BCUT2D eigenvalue weighted by atomic mass is 32.2. The van der Waals surface area contributed by atoms with Gasteiger partial charge in [0.2, 0.25) is 11.8 Å². The monoisotopic (exact) mass is 415 g/mol. The predicted octanol–water partition coefficient (Wildman–Crippen LogP) is 4.48. The molecule has 3 aromatic rings. The van der Waals surface area contributed by atoms with E-state index in [9.17, 15) is 14.9 Å². The zero-order chi connectivity index (χ0) is 21.1. The van der Waals surface area contributed by atoms with Crippen LogP contribution in [0.15, 0.2) is 71.8 Å². The molecule has 1 unspecified atom stereocenters. The molecular formula is C23H17N3O3S. The molecule has 6 nitrogen and oxygen atoms in total. The van der Waals surface area contributed by atoms with Gasteiger partial charge in [-0.25, -0.2) is 9.88 Å². The molecular weight excluding hydrogens is 398 g/mol. The molecule has 30 heavy (non-hydrogen) atoms. The second kappa shape index (κ2) is 8.39. The number of para-hydroxylation sites is 1. The molecule has 0 bridgehead atoms. The molecule has 1 saturated heterocycles. The van der Waals surface area contributed by atoms with Crippen molar-refractivity contribution >= 4 is 29.3 Å². The van der Waals surface area contributed by atoms with Crippen molar-refractivity contribution in [3.05, 3.63) is 78.0 Å². The maximum atomic E-state index is 12.9. The molecule has 1 aliphatic heterocycles. The van der Waals surface area contributed by atoms with Gasteiger partial charge in [0.25, 0.3) is 0 Å². The van der Waals surface area contributed by atoms with Crippen LogP contribution >= 0.6 is 11.8 Å². The van der Waals surface area contributed by atoms with Crippen LogP contribution in [0.3, 0.4) is 0 Å². The summed E-state index contributed by atoms with van der Waals surface area (Å²) in [7, 11) is 0. The fraction of sp³-hybridized carbons (Fsp3) is 0.130. The van der Waals surface area contributed by atoms with E-state index in [0.717, 1.165) is 17.5 Å². The number of imide groups is 1. The molecule has 1 aliphatic rings. The quantitative estimate of drug-likeness (QED) is 0.572. The molecule has 1 fully saturated rings. The second-order valence-electron chi connectivity index (χ2n) is 6.70. The molecule has 0 saturated carbocycles. The van der Waals surface area contributed by atoms with E-state index in [4.69, 9.17) is 4.74 Å². The van der Waals surface area contributed by atoms with Gasteiger partial charge in [0.1, 0.15) is 22.6 Å². The van der Waals surface area contributed by atoms with E-state index < -0.39 is 5.25 Å². The van der Waals surface area contributed by atoms with Gasteiger partial charge in [0.15, 0.2) is 0 Å². The Morgan fingerprint density at radius 1 is 1.03 bits per heavy atom. The second-order valence-corrected chi connectivity index (χ2v) is 7.90. The number of carbonyl (C=O) groups is 2. The van der Waals surface area contributed by atoms with Crippen molar-refractivity contribution in [1.82, 2.24) is 4.98 Å². The third-order valence-electron chi connectivity index (χ3n) is 4.55. The van der Waals surface area contributed by atoms with Crippen molar-refractivity contribution in [1.29, 1.82) is 5.26 Å². The molecule has 2 aromatic carbocycles. The molecule has 148 valence electrons. The van der Waals surface area contributed by atoms with Crippen molar-refractivity contribution in [2.75, 3.05) is 4.90 Å². The van der Waals surface area contributed by atoms with Crippen LogP contribution in [0.5, 0.6) is 11.5 Å². The van der Waals surface area contributed by atoms with Crippen LogP contribution < -0.4 is 9.64 Å². The van der Waals surface area contributed by atoms with Gasteiger partial charge in [0.05, 0.1) is 16.5 Å². The molecule has 2 heterocycles. The average Bonchev–Trinajstić information content (AvgIpc) is 3.03. The molecule has 2 amide bonds. The van der Waals surface area contributed by atoms with Crippen LogP contribution in [0.4, 0.5) is 5.69 Å². The van der Waals surface area contributed by atoms with Crippen LogP contribution in [-0.2, 0) is 9.59 Å². The number of pyridine rings is 1. The predicted molar refractivity (Wildman–Crippen MR) is 113 cm³/mol. The summed E-state index contributed by atoms with van der Waals surface area (Å²) in [6, 6.07) is 21.7. The SMILES string of the molecule is Cc1ccc(C#N)c(SC2CC(=O)N(c3ccc(Oc4ccccc4)cc3)C2=O)n1. The first kappa shape index (κ1) is 19.7. The van der Waals surface area contributed by atoms with Crippen molar-refractivity contribution in [3.8, 4) is 17.6 Å². The van der Waals surface area contributed by atoms with Crippen molar-refractivity contribution < 1.29 is 14.3 Å². The third kappa shape index (κ3) is 4.04. The van der Waals surface area contributed by atoms with Gasteiger partial charge in [0, 0.05) is 12.1 Å². The summed E-state index contributed by atoms with van der Waals surface area (Å²) in [5.74, 6) is 0.723. The van der Waals surface area contributed by atoms with E-state index >= 15 is 0 Å². The van der Waals surface area contributed by atoms with E-state index in [1.807, 2.05) is 37.3 Å². The molecule has 0 radical (unpaired) electrons. The summed E-state index contributed by atoms with van der Waals surface area (Å²) in [4.78, 5) is 31.0. The number of aromatic nitrogens is 1. The Labute approximate surface area is 178 Å². The molecule has 4 rings (SSSR count). The fourth-order valence-corrected chi connectivity index (χ4v) is 4.24. The van der Waals surface area contributed by atoms with Crippen LogP contribution in [0, 0.1) is 18.3 Å². The summed E-state index contributed by atoms with van der Waals surface area (Å²) in [5, 5.41) is 9.14. The standard InChI is InChI=1S/C23H17N3O3S/c1-15-7-8-16(14-24)22(25-15)30-20-13-21(27)26(23(20)28)17-9-11-19(12-10-17)29-18-5-3-2-4-6-18/h2-12,20H,13H2,1H3. The Morgan fingerprint density at radius 3 is 2.43 bits per heavy atom. The molecule has 0 spiro atoms. The first-order chi connectivity index (χ1) is 14.5. The summed E-state index contributed by atoms with van der Waals surface area (Å²) < 4.78 is 5.76. The maximum absolute atomic E-state index is 12.9. The highest BCUT2D eigenvalue weighted by molar-refractivity contribution is 8.00. The van der Waals surface area contributed by atoms with Gasteiger partial charge in [-0.1, -0.05) is 30.0 Å². The number of anilines is 1. The normalized spacial score (nSPS) is 15.9. The van der Waals surface area contributed by atoms with Crippen LogP contribution in [0.1, 0.15) is 17.7 Å². The zero-order valence-corrected chi connectivity index (χ0v) is 16.9. The largest absolute Gasteiger partial charge is 0.457 e. The number of benzene rings is 2. The number of carbonyl (C=O) groups excluding carboxylic acids is 2. The first-order valence-corrected chi connectivity index (χ1v) is 10.2. The Balaban J connectivity index is 1.50. The van der Waals surface area contributed by atoms with Gasteiger partial charge in [-0.3, -0.25) is 9.59 Å². The van der Waals surface area contributed by atoms with Crippen LogP contribution in [0.25, 0.3) is 0 Å². The van der Waals surface area contributed by atoms with Crippen molar-refractivity contribution in [2.24, 2.45) is 0 Å². The minimum absolute atomic E-state index is 0.0618. The molecule has 1 aromatic heterocycles. The molecule has 1 atom stereocenters. The summed E-state index contributed by atoms with van der Waals surface area (Å²) >= 11 is 1.16. The number of nitriles is 1. The molecule has 0 aliphatic carbocycles. The lowest BCUT2D eigenvalue weighted by molar-refractivity contribution is -0.121. The minimum atomic E-state index is -0.612. The average molecular weight is 415 g/mol. The number of hydrogen-bond acceptors (Lipinski definition) is 6. The third-order valence-corrected chi connectivity index (χ3v) is 5.74. The van der Waals surface area contributed by atoms with Gasteiger partial charge in [-0.05, 0) is 55.5 Å². The number of thioether (sulfide) groups is 1. The van der Waals surface area contributed by atoms with Crippen molar-refractivity contribution in [2.45, 2.75) is 23.6 Å². The number of rotatable bonds is 5. The Morgan fingerprint density at radius 2 is 1.73 bits per heavy atom. The van der Waals surface area contributed by atoms with Gasteiger partial charge in [-0.15, -0.1) is 0 Å². The van der Waals surface area contributed by atoms with Gasteiger partial charge in [-0.2, -0.15) is 5.26 Å². The highest BCUT2D eigenvalue weighted by Gasteiger charge is 2.40. The highest BCUT2D eigenvalue weighted by Crippen LogP contribution is 2.35. The number of hydrogen-bond donors (Lipinski definition) is 0. The Hall–Kier alpha value is -3.63. The summed E-state index contributed by atoms with van der Waals surface area (Å²) in [5.41, 5.74) is 1.64. The number of nitrogens with zero attached hydrogens (tertiary/aromatic N) is 3. The topological polar surface area (TPSA) is 83.3 Å². The maximum Gasteiger partial charge on any atom is 0.247 e. The number of aryl methyl sites for hydroxylation is 1. The zero-order valence-electron chi connectivity index (χ0n) is 16.1. The van der Waals surface area contributed by atoms with E-state index in [1.165, 1.54) is 4.90 Å². The van der Waals surface area contributed by atoms with E-state index in [2.05, 4.69) is 11.1 Å². The van der Waals surface area contributed by atoms with Crippen molar-refractivity contribution in [3.63, 3.8) is 0 Å². The van der Waals surface area contributed by atoms with E-state index in [1.54, 1.807) is 36.4 Å². The minimum Gasteiger partial charge on any atom is -0.457 e. The Bertz CT molecular complexity index is 1140. The van der Waals surface area contributed by atoms with E-state index in [0.29, 0.717) is 27.8 Å². The lowest BCUT2D eigenvalue weighted by atomic mass is 10.2. The molecule has 7 heteroatoms. The number of ether oxygens (including phenoxy) is 1. The first-order valence-electron chi connectivity index (χ1n) is 9.29. The van der Waals surface area contributed by atoms with Crippen LogP contribution in [0.2, 0.25) is 0 Å². The lowest BCUT2D eigenvalue weighted by Gasteiger charge is -2.15. The smallest absolute Gasteiger partial charge is 0.247 e. The lowest BCUT2D eigenvalue weighted by Crippen LogP contribution is -2.31. The fourth-order valence-electron chi connectivity index (χ4n) is 3.10. The van der Waals surface area contributed by atoms with Gasteiger partial charge >= 0.3 is 0 Å². The van der Waals surface area contributed by atoms with E-state index in [-0.39, 0.29) is 18.2 Å². The van der Waals surface area contributed by atoms with Crippen LogP contribution in [-0.4, -0.2) is 22.0 Å². The Kier molecular flexibility index (Phi) is 5.50.